The van der Waals surface area contributed by atoms with Crippen molar-refractivity contribution in [3.05, 3.63) is 29.3 Å². The Labute approximate surface area is 115 Å². The van der Waals surface area contributed by atoms with Crippen molar-refractivity contribution in [3.8, 4) is 11.5 Å². The van der Waals surface area contributed by atoms with Gasteiger partial charge in [-0.2, -0.15) is 0 Å². The second-order valence-corrected chi connectivity index (χ2v) is 4.82. The van der Waals surface area contributed by atoms with Gasteiger partial charge in [-0.25, -0.2) is 0 Å². The number of ether oxygens (including phenoxy) is 2. The van der Waals surface area contributed by atoms with Gasteiger partial charge in [-0.15, -0.1) is 0 Å². The van der Waals surface area contributed by atoms with Gasteiger partial charge in [0.05, 0.1) is 14.2 Å². The van der Waals surface area contributed by atoms with Crippen LogP contribution in [0, 0.1) is 5.92 Å². The van der Waals surface area contributed by atoms with Crippen LogP contribution in [0.3, 0.4) is 0 Å². The molecule has 1 rings (SSSR count). The SMILES string of the molecule is COc1ccc(C(C)=C(C(C)=O)C(C)C)cc1OC. The molecule has 0 atom stereocenters. The lowest BCUT2D eigenvalue weighted by Gasteiger charge is -2.15. The zero-order valence-corrected chi connectivity index (χ0v) is 12.5. The Bertz CT molecular complexity index is 499. The molecule has 3 heteroatoms. The molecule has 0 bridgehead atoms. The number of Topliss-reactive ketones (excluding diaryl/α,β-unsaturated/α-hetero) is 1. The first-order valence-corrected chi connectivity index (χ1v) is 6.36. The third-order valence-corrected chi connectivity index (χ3v) is 3.18. The van der Waals surface area contributed by atoms with Crippen molar-refractivity contribution in [1.29, 1.82) is 0 Å². The van der Waals surface area contributed by atoms with Crippen molar-refractivity contribution >= 4 is 11.4 Å². The summed E-state index contributed by atoms with van der Waals surface area (Å²) in [6, 6.07) is 5.71. The summed E-state index contributed by atoms with van der Waals surface area (Å²) in [4.78, 5) is 11.8. The van der Waals surface area contributed by atoms with Crippen LogP contribution >= 0.6 is 0 Å². The van der Waals surface area contributed by atoms with Crippen molar-refractivity contribution < 1.29 is 14.3 Å². The predicted molar refractivity (Wildman–Crippen MR) is 77.7 cm³/mol. The molecule has 0 fully saturated rings. The van der Waals surface area contributed by atoms with E-state index in [9.17, 15) is 4.79 Å². The highest BCUT2D eigenvalue weighted by Gasteiger charge is 2.15. The van der Waals surface area contributed by atoms with E-state index in [-0.39, 0.29) is 11.7 Å². The minimum Gasteiger partial charge on any atom is -0.493 e. The topological polar surface area (TPSA) is 35.5 Å². The van der Waals surface area contributed by atoms with Crippen LogP contribution in [0.5, 0.6) is 11.5 Å². The average Bonchev–Trinajstić information content (AvgIpc) is 2.36. The summed E-state index contributed by atoms with van der Waals surface area (Å²) in [5.74, 6) is 1.67. The number of benzene rings is 1. The van der Waals surface area contributed by atoms with E-state index >= 15 is 0 Å². The molecule has 0 spiro atoms. The van der Waals surface area contributed by atoms with Crippen LogP contribution in [-0.2, 0) is 4.79 Å². The number of hydrogen-bond donors (Lipinski definition) is 0. The zero-order valence-electron chi connectivity index (χ0n) is 12.5. The monoisotopic (exact) mass is 262 g/mol. The van der Waals surface area contributed by atoms with Crippen molar-refractivity contribution in [1.82, 2.24) is 0 Å². The van der Waals surface area contributed by atoms with Gasteiger partial charge in [-0.3, -0.25) is 4.79 Å². The van der Waals surface area contributed by atoms with Crippen LogP contribution in [0.2, 0.25) is 0 Å². The Balaban J connectivity index is 3.36. The van der Waals surface area contributed by atoms with E-state index in [0.29, 0.717) is 11.5 Å². The number of hydrogen-bond acceptors (Lipinski definition) is 3. The van der Waals surface area contributed by atoms with E-state index < -0.39 is 0 Å². The van der Waals surface area contributed by atoms with E-state index in [2.05, 4.69) is 0 Å². The summed E-state index contributed by atoms with van der Waals surface area (Å²) in [6.07, 6.45) is 0. The molecule has 1 aromatic rings. The quantitative estimate of drug-likeness (QED) is 0.759. The Morgan fingerprint density at radius 2 is 1.63 bits per heavy atom. The van der Waals surface area contributed by atoms with Crippen LogP contribution in [0.25, 0.3) is 5.57 Å². The van der Waals surface area contributed by atoms with Gasteiger partial charge in [-0.1, -0.05) is 19.9 Å². The number of rotatable bonds is 5. The lowest BCUT2D eigenvalue weighted by Crippen LogP contribution is -2.07. The first-order valence-electron chi connectivity index (χ1n) is 6.36. The molecule has 104 valence electrons. The highest BCUT2D eigenvalue weighted by atomic mass is 16.5. The lowest BCUT2D eigenvalue weighted by atomic mass is 9.91. The predicted octanol–water partition coefficient (Wildman–Crippen LogP) is 3.72. The second-order valence-electron chi connectivity index (χ2n) is 4.82. The first kappa shape index (κ1) is 15.3. The lowest BCUT2D eigenvalue weighted by molar-refractivity contribution is -0.113. The average molecular weight is 262 g/mol. The third kappa shape index (κ3) is 3.37. The zero-order chi connectivity index (χ0) is 14.6. The number of carbonyl (C=O) groups is 1. The van der Waals surface area contributed by atoms with Gasteiger partial charge in [-0.05, 0) is 43.0 Å². The number of ketones is 1. The van der Waals surface area contributed by atoms with Gasteiger partial charge >= 0.3 is 0 Å². The minimum atomic E-state index is 0.113. The number of allylic oxidation sites excluding steroid dienone is 2. The molecule has 0 aliphatic heterocycles. The molecule has 0 unspecified atom stereocenters. The maximum atomic E-state index is 11.8. The summed E-state index contributed by atoms with van der Waals surface area (Å²) in [5.41, 5.74) is 2.83. The molecule has 0 heterocycles. The van der Waals surface area contributed by atoms with Crippen molar-refractivity contribution in [2.24, 2.45) is 5.92 Å². The Hall–Kier alpha value is -1.77. The first-order chi connectivity index (χ1) is 8.92. The maximum absolute atomic E-state index is 11.8. The molecular weight excluding hydrogens is 240 g/mol. The molecule has 19 heavy (non-hydrogen) atoms. The normalized spacial score (nSPS) is 12.2. The fourth-order valence-corrected chi connectivity index (χ4v) is 2.33. The summed E-state index contributed by atoms with van der Waals surface area (Å²) < 4.78 is 10.5. The highest BCUT2D eigenvalue weighted by Crippen LogP contribution is 2.32. The smallest absolute Gasteiger partial charge is 0.161 e. The van der Waals surface area contributed by atoms with E-state index in [0.717, 1.165) is 16.7 Å². The molecule has 0 aliphatic carbocycles. The van der Waals surface area contributed by atoms with Crippen LogP contribution in [0.15, 0.2) is 23.8 Å². The Morgan fingerprint density at radius 1 is 1.05 bits per heavy atom. The van der Waals surface area contributed by atoms with Crippen molar-refractivity contribution in [2.45, 2.75) is 27.7 Å². The largest absolute Gasteiger partial charge is 0.493 e. The fourth-order valence-electron chi connectivity index (χ4n) is 2.33. The third-order valence-electron chi connectivity index (χ3n) is 3.18. The van der Waals surface area contributed by atoms with Gasteiger partial charge in [0.15, 0.2) is 17.3 Å². The standard InChI is InChI=1S/C16H22O3/c1-10(2)16(12(4)17)11(3)13-7-8-14(18-5)15(9-13)19-6/h7-10H,1-6H3. The molecule has 1 aromatic carbocycles. The summed E-state index contributed by atoms with van der Waals surface area (Å²) in [5, 5.41) is 0. The van der Waals surface area contributed by atoms with Crippen molar-refractivity contribution in [2.75, 3.05) is 14.2 Å². The number of carbonyl (C=O) groups excluding carboxylic acids is 1. The fraction of sp³-hybridized carbons (Fsp3) is 0.438. The molecule has 0 saturated carbocycles. The molecule has 0 N–H and O–H groups in total. The van der Waals surface area contributed by atoms with E-state index in [1.807, 2.05) is 39.0 Å². The molecule has 3 nitrogen and oxygen atoms in total. The van der Waals surface area contributed by atoms with Crippen LogP contribution in [0.4, 0.5) is 0 Å². The van der Waals surface area contributed by atoms with E-state index in [1.165, 1.54) is 0 Å². The van der Waals surface area contributed by atoms with Crippen LogP contribution < -0.4 is 9.47 Å². The summed E-state index contributed by atoms with van der Waals surface area (Å²) in [7, 11) is 3.21. The van der Waals surface area contributed by atoms with Gasteiger partial charge in [0, 0.05) is 5.57 Å². The van der Waals surface area contributed by atoms with Crippen LogP contribution in [-0.4, -0.2) is 20.0 Å². The molecule has 0 radical (unpaired) electrons. The molecular formula is C16H22O3. The summed E-state index contributed by atoms with van der Waals surface area (Å²) in [6.45, 7) is 7.64. The minimum absolute atomic E-state index is 0.113. The van der Waals surface area contributed by atoms with Gasteiger partial charge in [0.2, 0.25) is 0 Å². The van der Waals surface area contributed by atoms with Crippen LogP contribution in [0.1, 0.15) is 33.3 Å². The highest BCUT2D eigenvalue weighted by molar-refractivity contribution is 6.01. The second kappa shape index (κ2) is 6.41. The molecule has 0 amide bonds. The number of methoxy groups -OCH3 is 2. The Kier molecular flexibility index (Phi) is 5.16. The molecule has 0 aromatic heterocycles. The molecule has 0 aliphatic rings. The summed E-state index contributed by atoms with van der Waals surface area (Å²) >= 11 is 0. The van der Waals surface area contributed by atoms with Gasteiger partial charge in [0.25, 0.3) is 0 Å². The van der Waals surface area contributed by atoms with Gasteiger partial charge < -0.3 is 9.47 Å². The van der Waals surface area contributed by atoms with E-state index in [1.54, 1.807) is 21.1 Å². The molecule has 0 saturated heterocycles. The van der Waals surface area contributed by atoms with E-state index in [4.69, 9.17) is 9.47 Å². The maximum Gasteiger partial charge on any atom is 0.161 e. The Morgan fingerprint density at radius 3 is 2.05 bits per heavy atom. The van der Waals surface area contributed by atoms with Crippen molar-refractivity contribution in [3.63, 3.8) is 0 Å². The van der Waals surface area contributed by atoms with Gasteiger partial charge in [0.1, 0.15) is 0 Å².